The van der Waals surface area contributed by atoms with Crippen molar-refractivity contribution in [2.45, 2.75) is 38.0 Å². The van der Waals surface area contributed by atoms with Crippen LogP contribution < -0.4 is 10.6 Å². The molecule has 1 aliphatic heterocycles. The van der Waals surface area contributed by atoms with Crippen LogP contribution in [0.2, 0.25) is 0 Å². The molecule has 1 aliphatic rings. The first kappa shape index (κ1) is 16.4. The van der Waals surface area contributed by atoms with Gasteiger partial charge < -0.3 is 10.6 Å². The fourth-order valence-electron chi connectivity index (χ4n) is 2.87. The lowest BCUT2D eigenvalue weighted by molar-refractivity contribution is -0.117. The summed E-state index contributed by atoms with van der Waals surface area (Å²) in [5.74, 6) is 2.24. The summed E-state index contributed by atoms with van der Waals surface area (Å²) in [6, 6.07) is 8.10. The van der Waals surface area contributed by atoms with Gasteiger partial charge in [-0.3, -0.25) is 4.79 Å². The van der Waals surface area contributed by atoms with E-state index in [1.807, 2.05) is 12.1 Å². The summed E-state index contributed by atoms with van der Waals surface area (Å²) in [5, 5.41) is 6.46. The molecule has 4 heteroatoms. The Morgan fingerprint density at radius 3 is 3.10 bits per heavy atom. The molecule has 1 saturated heterocycles. The van der Waals surface area contributed by atoms with Crippen molar-refractivity contribution >= 4 is 23.4 Å². The predicted molar refractivity (Wildman–Crippen MR) is 90.8 cm³/mol. The summed E-state index contributed by atoms with van der Waals surface area (Å²) in [7, 11) is 0. The summed E-state index contributed by atoms with van der Waals surface area (Å²) in [4.78, 5) is 13.4. The number of piperidine rings is 1. The van der Waals surface area contributed by atoms with E-state index in [1.54, 1.807) is 11.8 Å². The molecule has 0 saturated carbocycles. The second-order valence-corrected chi connectivity index (χ2v) is 7.13. The molecule has 1 heterocycles. The van der Waals surface area contributed by atoms with Gasteiger partial charge in [-0.1, -0.05) is 19.9 Å². The molecule has 2 N–H and O–H groups in total. The molecule has 0 aliphatic carbocycles. The molecule has 1 aromatic carbocycles. The maximum absolute atomic E-state index is 12.2. The van der Waals surface area contributed by atoms with Crippen molar-refractivity contribution in [2.75, 3.05) is 24.2 Å². The minimum Gasteiger partial charge on any atom is -0.326 e. The van der Waals surface area contributed by atoms with E-state index in [2.05, 4.69) is 36.6 Å². The lowest BCUT2D eigenvalue weighted by Crippen LogP contribution is -2.34. The number of thioether (sulfide) groups is 1. The Kier molecular flexibility index (Phi) is 6.58. The third-order valence-electron chi connectivity index (χ3n) is 4.08. The van der Waals surface area contributed by atoms with Crippen molar-refractivity contribution in [3.8, 4) is 0 Å². The quantitative estimate of drug-likeness (QED) is 0.786. The SMILES string of the molecule is CCSc1cccc(NC(=O)CC(C)C2CCCNC2)c1. The fraction of sp³-hybridized carbons (Fsp3) is 0.588. The lowest BCUT2D eigenvalue weighted by atomic mass is 9.85. The summed E-state index contributed by atoms with van der Waals surface area (Å²) in [5.41, 5.74) is 0.910. The molecule has 116 valence electrons. The summed E-state index contributed by atoms with van der Waals surface area (Å²) in [6.45, 7) is 6.50. The molecule has 1 amide bonds. The van der Waals surface area contributed by atoms with Gasteiger partial charge in [0.2, 0.25) is 5.91 Å². The standard InChI is InChI=1S/C17H26N2OS/c1-3-21-16-8-4-7-15(11-16)19-17(20)10-13(2)14-6-5-9-18-12-14/h4,7-8,11,13-14,18H,3,5-6,9-10,12H2,1-2H3,(H,19,20). The molecule has 21 heavy (non-hydrogen) atoms. The van der Waals surface area contributed by atoms with Crippen molar-refractivity contribution in [1.82, 2.24) is 5.32 Å². The van der Waals surface area contributed by atoms with Crippen molar-refractivity contribution < 1.29 is 4.79 Å². The molecule has 2 rings (SSSR count). The molecule has 1 aromatic rings. The number of carbonyl (C=O) groups is 1. The van der Waals surface area contributed by atoms with Crippen molar-refractivity contribution in [1.29, 1.82) is 0 Å². The number of hydrogen-bond donors (Lipinski definition) is 2. The van der Waals surface area contributed by atoms with Gasteiger partial charge >= 0.3 is 0 Å². The van der Waals surface area contributed by atoms with Gasteiger partial charge in [0.05, 0.1) is 0 Å². The average molecular weight is 306 g/mol. The Labute approximate surface area is 132 Å². The van der Waals surface area contributed by atoms with Gasteiger partial charge in [-0.25, -0.2) is 0 Å². The van der Waals surface area contributed by atoms with Gasteiger partial charge in [0.1, 0.15) is 0 Å². The van der Waals surface area contributed by atoms with E-state index in [1.165, 1.54) is 17.7 Å². The molecular weight excluding hydrogens is 280 g/mol. The monoisotopic (exact) mass is 306 g/mol. The highest BCUT2D eigenvalue weighted by Crippen LogP contribution is 2.24. The van der Waals surface area contributed by atoms with Crippen molar-refractivity contribution in [3.63, 3.8) is 0 Å². The third kappa shape index (κ3) is 5.36. The second kappa shape index (κ2) is 8.44. The number of anilines is 1. The first-order chi connectivity index (χ1) is 10.2. The highest BCUT2D eigenvalue weighted by Gasteiger charge is 2.21. The number of carbonyl (C=O) groups excluding carboxylic acids is 1. The Hall–Kier alpha value is -1.00. The third-order valence-corrected chi connectivity index (χ3v) is 4.95. The molecule has 0 bridgehead atoms. The normalized spacial score (nSPS) is 20.0. The van der Waals surface area contributed by atoms with Crippen molar-refractivity contribution in [3.05, 3.63) is 24.3 Å². The summed E-state index contributed by atoms with van der Waals surface area (Å²) in [6.07, 6.45) is 3.08. The molecular formula is C17H26N2OS. The van der Waals surface area contributed by atoms with E-state index in [4.69, 9.17) is 0 Å². The van der Waals surface area contributed by atoms with Gasteiger partial charge in [0.15, 0.2) is 0 Å². The molecule has 1 fully saturated rings. The van der Waals surface area contributed by atoms with E-state index < -0.39 is 0 Å². The minimum absolute atomic E-state index is 0.131. The molecule has 0 radical (unpaired) electrons. The highest BCUT2D eigenvalue weighted by atomic mass is 32.2. The van der Waals surface area contributed by atoms with Gasteiger partial charge in [0.25, 0.3) is 0 Å². The van der Waals surface area contributed by atoms with Crippen LogP contribution in [0.3, 0.4) is 0 Å². The van der Waals surface area contributed by atoms with Gasteiger partial charge in [-0.05, 0) is 61.7 Å². The van der Waals surface area contributed by atoms with Crippen LogP contribution in [-0.2, 0) is 4.79 Å². The van der Waals surface area contributed by atoms with Crippen LogP contribution >= 0.6 is 11.8 Å². The van der Waals surface area contributed by atoms with Crippen LogP contribution in [0.15, 0.2) is 29.2 Å². The Morgan fingerprint density at radius 2 is 2.38 bits per heavy atom. The fourth-order valence-corrected chi connectivity index (χ4v) is 3.58. The Balaban J connectivity index is 1.84. The highest BCUT2D eigenvalue weighted by molar-refractivity contribution is 7.99. The lowest BCUT2D eigenvalue weighted by Gasteiger charge is -2.28. The molecule has 0 aromatic heterocycles. The molecule has 0 spiro atoms. The molecule has 2 atom stereocenters. The van der Waals surface area contributed by atoms with Crippen LogP contribution in [-0.4, -0.2) is 24.7 Å². The Bertz CT molecular complexity index is 458. The van der Waals surface area contributed by atoms with Crippen molar-refractivity contribution in [2.24, 2.45) is 11.8 Å². The zero-order chi connectivity index (χ0) is 15.1. The van der Waals surface area contributed by atoms with Gasteiger partial charge in [0, 0.05) is 17.0 Å². The zero-order valence-electron chi connectivity index (χ0n) is 13.0. The maximum Gasteiger partial charge on any atom is 0.224 e. The number of amides is 1. The van der Waals surface area contributed by atoms with Gasteiger partial charge in [-0.2, -0.15) is 0 Å². The molecule has 2 unspecified atom stereocenters. The average Bonchev–Trinajstić information content (AvgIpc) is 2.48. The second-order valence-electron chi connectivity index (χ2n) is 5.80. The summed E-state index contributed by atoms with van der Waals surface area (Å²) >= 11 is 1.79. The topological polar surface area (TPSA) is 41.1 Å². The van der Waals surface area contributed by atoms with Crippen LogP contribution in [0, 0.1) is 11.8 Å². The number of benzene rings is 1. The first-order valence-corrected chi connectivity index (χ1v) is 8.91. The first-order valence-electron chi connectivity index (χ1n) is 7.92. The Morgan fingerprint density at radius 1 is 1.52 bits per heavy atom. The van der Waals surface area contributed by atoms with Crippen LogP contribution in [0.5, 0.6) is 0 Å². The van der Waals surface area contributed by atoms with Crippen LogP contribution in [0.25, 0.3) is 0 Å². The van der Waals surface area contributed by atoms with E-state index in [-0.39, 0.29) is 5.91 Å². The predicted octanol–water partition coefficient (Wildman–Crippen LogP) is 3.76. The zero-order valence-corrected chi connectivity index (χ0v) is 13.8. The number of hydrogen-bond acceptors (Lipinski definition) is 3. The number of rotatable bonds is 6. The maximum atomic E-state index is 12.2. The van der Waals surface area contributed by atoms with Gasteiger partial charge in [-0.15, -0.1) is 11.8 Å². The van der Waals surface area contributed by atoms with E-state index >= 15 is 0 Å². The van der Waals surface area contributed by atoms with E-state index in [0.717, 1.165) is 24.5 Å². The largest absolute Gasteiger partial charge is 0.326 e. The van der Waals surface area contributed by atoms with E-state index in [0.29, 0.717) is 18.3 Å². The minimum atomic E-state index is 0.131. The number of nitrogens with one attached hydrogen (secondary N) is 2. The van der Waals surface area contributed by atoms with Crippen LogP contribution in [0.1, 0.15) is 33.1 Å². The summed E-state index contributed by atoms with van der Waals surface area (Å²) < 4.78 is 0. The molecule has 3 nitrogen and oxygen atoms in total. The van der Waals surface area contributed by atoms with Crippen LogP contribution in [0.4, 0.5) is 5.69 Å². The smallest absolute Gasteiger partial charge is 0.224 e. The van der Waals surface area contributed by atoms with E-state index in [9.17, 15) is 4.79 Å².